The molecule has 1 aliphatic heterocycles. The molecule has 1 saturated carbocycles. The summed E-state index contributed by atoms with van der Waals surface area (Å²) in [4.78, 5) is 22.8. The minimum Gasteiger partial charge on any atom is -0.481 e. The zero-order valence-electron chi connectivity index (χ0n) is 13.3. The maximum Gasteiger partial charge on any atom is 0.303 e. The summed E-state index contributed by atoms with van der Waals surface area (Å²) in [6, 6.07) is 0. The molecule has 5 nitrogen and oxygen atoms in total. The standard InChI is InChI=1S/C17H28O5/c18-14-8-7-12-17(14,22-16-10-4-6-13-21-16)11-5-2-1-3-9-15(19)20/h16H,1-13H2,(H,19,20). The molecule has 0 aromatic rings. The molecule has 1 saturated heterocycles. The molecular formula is C17H28O5. The van der Waals surface area contributed by atoms with Crippen LogP contribution < -0.4 is 0 Å². The molecule has 0 amide bonds. The predicted octanol–water partition coefficient (Wildman–Crippen LogP) is 3.45. The van der Waals surface area contributed by atoms with Gasteiger partial charge in [0.25, 0.3) is 0 Å². The van der Waals surface area contributed by atoms with Crippen molar-refractivity contribution in [3.63, 3.8) is 0 Å². The highest BCUT2D eigenvalue weighted by Crippen LogP contribution is 2.37. The van der Waals surface area contributed by atoms with Gasteiger partial charge in [-0.1, -0.05) is 19.3 Å². The summed E-state index contributed by atoms with van der Waals surface area (Å²) in [6.07, 6.45) is 9.63. The lowest BCUT2D eigenvalue weighted by atomic mass is 9.92. The molecule has 2 rings (SSSR count). The van der Waals surface area contributed by atoms with Gasteiger partial charge in [0.2, 0.25) is 0 Å². The van der Waals surface area contributed by atoms with E-state index < -0.39 is 11.6 Å². The molecule has 0 bridgehead atoms. The number of hydrogen-bond acceptors (Lipinski definition) is 4. The monoisotopic (exact) mass is 312 g/mol. The largest absolute Gasteiger partial charge is 0.481 e. The van der Waals surface area contributed by atoms with Crippen LogP contribution in [0.3, 0.4) is 0 Å². The molecule has 5 heteroatoms. The van der Waals surface area contributed by atoms with Crippen molar-refractivity contribution < 1.29 is 24.2 Å². The number of ketones is 1. The van der Waals surface area contributed by atoms with Crippen LogP contribution in [0.1, 0.15) is 77.0 Å². The number of Topliss-reactive ketones (excluding diaryl/α,β-unsaturated/α-hetero) is 1. The van der Waals surface area contributed by atoms with Gasteiger partial charge in [0, 0.05) is 19.4 Å². The van der Waals surface area contributed by atoms with Gasteiger partial charge in [-0.25, -0.2) is 0 Å². The molecule has 0 radical (unpaired) electrons. The van der Waals surface area contributed by atoms with E-state index in [9.17, 15) is 9.59 Å². The molecule has 22 heavy (non-hydrogen) atoms. The Balaban J connectivity index is 1.76. The fourth-order valence-corrected chi connectivity index (χ4v) is 3.45. The zero-order chi connectivity index (χ0) is 15.8. The lowest BCUT2D eigenvalue weighted by Crippen LogP contribution is -2.42. The van der Waals surface area contributed by atoms with E-state index in [0.717, 1.165) is 64.4 Å². The summed E-state index contributed by atoms with van der Waals surface area (Å²) >= 11 is 0. The van der Waals surface area contributed by atoms with Crippen LogP contribution in [0.25, 0.3) is 0 Å². The second-order valence-electron chi connectivity index (χ2n) is 6.49. The predicted molar refractivity (Wildman–Crippen MR) is 81.6 cm³/mol. The van der Waals surface area contributed by atoms with E-state index in [0.29, 0.717) is 12.8 Å². The van der Waals surface area contributed by atoms with E-state index in [4.69, 9.17) is 14.6 Å². The average Bonchev–Trinajstić information content (AvgIpc) is 2.85. The number of rotatable bonds is 9. The van der Waals surface area contributed by atoms with Crippen LogP contribution in [0.15, 0.2) is 0 Å². The topological polar surface area (TPSA) is 72.8 Å². The van der Waals surface area contributed by atoms with E-state index >= 15 is 0 Å². The Morgan fingerprint density at radius 2 is 2.05 bits per heavy atom. The Morgan fingerprint density at radius 3 is 2.68 bits per heavy atom. The summed E-state index contributed by atoms with van der Waals surface area (Å²) in [7, 11) is 0. The number of aliphatic carboxylic acids is 1. The van der Waals surface area contributed by atoms with Gasteiger partial charge < -0.3 is 14.6 Å². The van der Waals surface area contributed by atoms with Crippen molar-refractivity contribution in [1.82, 2.24) is 0 Å². The average molecular weight is 312 g/mol. The van der Waals surface area contributed by atoms with Crippen LogP contribution in [0, 0.1) is 0 Å². The lowest BCUT2D eigenvalue weighted by molar-refractivity contribution is -0.222. The van der Waals surface area contributed by atoms with Crippen molar-refractivity contribution in [2.45, 2.75) is 88.9 Å². The summed E-state index contributed by atoms with van der Waals surface area (Å²) < 4.78 is 11.8. The van der Waals surface area contributed by atoms with E-state index in [-0.39, 0.29) is 18.5 Å². The minimum atomic E-state index is -0.736. The second kappa shape index (κ2) is 8.63. The molecule has 1 N–H and O–H groups in total. The number of ether oxygens (including phenoxy) is 2. The Hall–Kier alpha value is -0.940. The van der Waals surface area contributed by atoms with Gasteiger partial charge in [-0.3, -0.25) is 9.59 Å². The maximum absolute atomic E-state index is 12.3. The summed E-state index contributed by atoms with van der Waals surface area (Å²) in [5.74, 6) is -0.507. The number of hydrogen-bond donors (Lipinski definition) is 1. The van der Waals surface area contributed by atoms with Crippen molar-refractivity contribution in [1.29, 1.82) is 0 Å². The van der Waals surface area contributed by atoms with Gasteiger partial charge in [0.1, 0.15) is 5.60 Å². The van der Waals surface area contributed by atoms with Crippen LogP contribution in [0.5, 0.6) is 0 Å². The highest BCUT2D eigenvalue weighted by atomic mass is 16.7. The van der Waals surface area contributed by atoms with E-state index in [1.165, 1.54) is 0 Å². The smallest absolute Gasteiger partial charge is 0.303 e. The maximum atomic E-state index is 12.3. The SMILES string of the molecule is O=C(O)CCCCCCC1(OC2CCCCO2)CCCC1=O. The van der Waals surface area contributed by atoms with E-state index in [2.05, 4.69) is 0 Å². The molecular weight excluding hydrogens is 284 g/mol. The molecule has 0 aromatic carbocycles. The Kier molecular flexibility index (Phi) is 6.83. The van der Waals surface area contributed by atoms with Crippen LogP contribution in [0.2, 0.25) is 0 Å². The molecule has 2 aliphatic rings. The third-order valence-electron chi connectivity index (χ3n) is 4.71. The van der Waals surface area contributed by atoms with Crippen molar-refractivity contribution in [3.05, 3.63) is 0 Å². The first-order valence-electron chi connectivity index (χ1n) is 8.67. The first kappa shape index (κ1) is 17.4. The number of unbranched alkanes of at least 4 members (excludes halogenated alkanes) is 3. The van der Waals surface area contributed by atoms with Crippen molar-refractivity contribution in [2.75, 3.05) is 6.61 Å². The van der Waals surface area contributed by atoms with Gasteiger partial charge in [0.15, 0.2) is 12.1 Å². The molecule has 0 aromatic heterocycles. The third-order valence-corrected chi connectivity index (χ3v) is 4.71. The molecule has 0 spiro atoms. The fourth-order valence-electron chi connectivity index (χ4n) is 3.45. The molecule has 126 valence electrons. The third kappa shape index (κ3) is 5.06. The first-order chi connectivity index (χ1) is 10.6. The highest BCUT2D eigenvalue weighted by molar-refractivity contribution is 5.89. The van der Waals surface area contributed by atoms with E-state index in [1.54, 1.807) is 0 Å². The van der Waals surface area contributed by atoms with Gasteiger partial charge in [-0.15, -0.1) is 0 Å². The molecule has 2 fully saturated rings. The van der Waals surface area contributed by atoms with E-state index in [1.807, 2.05) is 0 Å². The second-order valence-corrected chi connectivity index (χ2v) is 6.49. The molecule has 2 unspecified atom stereocenters. The van der Waals surface area contributed by atoms with Gasteiger partial charge in [-0.05, 0) is 44.9 Å². The Morgan fingerprint density at radius 1 is 1.23 bits per heavy atom. The molecule has 2 atom stereocenters. The van der Waals surface area contributed by atoms with Crippen molar-refractivity contribution in [3.8, 4) is 0 Å². The number of carboxylic acid groups (broad SMARTS) is 1. The van der Waals surface area contributed by atoms with Gasteiger partial charge in [-0.2, -0.15) is 0 Å². The zero-order valence-corrected chi connectivity index (χ0v) is 13.3. The Bertz CT molecular complexity index is 375. The quantitative estimate of drug-likeness (QED) is 0.660. The van der Waals surface area contributed by atoms with Gasteiger partial charge >= 0.3 is 5.97 Å². The number of carboxylic acids is 1. The fraction of sp³-hybridized carbons (Fsp3) is 0.882. The Labute approximate surface area is 132 Å². The minimum absolute atomic E-state index is 0.220. The van der Waals surface area contributed by atoms with Crippen LogP contribution in [0.4, 0.5) is 0 Å². The molecule has 1 heterocycles. The summed E-state index contributed by atoms with van der Waals surface area (Å²) in [5.41, 5.74) is -0.630. The van der Waals surface area contributed by atoms with Crippen molar-refractivity contribution >= 4 is 11.8 Å². The molecule has 1 aliphatic carbocycles. The van der Waals surface area contributed by atoms with Crippen LogP contribution in [-0.2, 0) is 19.1 Å². The van der Waals surface area contributed by atoms with Crippen LogP contribution in [-0.4, -0.2) is 35.4 Å². The van der Waals surface area contributed by atoms with Crippen molar-refractivity contribution in [2.24, 2.45) is 0 Å². The first-order valence-corrected chi connectivity index (χ1v) is 8.67. The lowest BCUT2D eigenvalue weighted by Gasteiger charge is -2.34. The highest BCUT2D eigenvalue weighted by Gasteiger charge is 2.44. The van der Waals surface area contributed by atoms with Crippen LogP contribution >= 0.6 is 0 Å². The number of carbonyl (C=O) groups is 2. The summed E-state index contributed by atoms with van der Waals surface area (Å²) in [6.45, 7) is 0.726. The summed E-state index contributed by atoms with van der Waals surface area (Å²) in [5, 5.41) is 8.62. The number of carbonyl (C=O) groups excluding carboxylic acids is 1. The van der Waals surface area contributed by atoms with Gasteiger partial charge in [0.05, 0.1) is 0 Å². The normalized spacial score (nSPS) is 28.9.